The predicted octanol–water partition coefficient (Wildman–Crippen LogP) is 5.51. The molecule has 0 saturated carbocycles. The van der Waals surface area contributed by atoms with Gasteiger partial charge < -0.3 is 24.5 Å². The number of rotatable bonds is 7. The predicted molar refractivity (Wildman–Crippen MR) is 180 cm³/mol. The van der Waals surface area contributed by atoms with Crippen LogP contribution in [0.15, 0.2) is 102 Å². The molecule has 3 atom stereocenters. The number of hydrogen-bond donors (Lipinski definition) is 2. The number of aromatic amines is 1. The summed E-state index contributed by atoms with van der Waals surface area (Å²) in [5, 5.41) is 9.56. The number of fused-ring (bicyclic) bond motifs is 2. The van der Waals surface area contributed by atoms with Gasteiger partial charge in [-0.1, -0.05) is 60.7 Å². The first-order chi connectivity index (χ1) is 23.5. The van der Waals surface area contributed by atoms with Crippen molar-refractivity contribution in [1.29, 1.82) is 0 Å². The van der Waals surface area contributed by atoms with E-state index in [2.05, 4.69) is 9.88 Å². The molecule has 3 aliphatic heterocycles. The average Bonchev–Trinajstić information content (AvgIpc) is 3.60. The first-order valence-electron chi connectivity index (χ1n) is 16.5. The molecule has 2 N–H and O–H groups in total. The zero-order chi connectivity index (χ0) is 32.8. The molecule has 2 saturated heterocycles. The maximum Gasteiger partial charge on any atom is 0.326 e. The summed E-state index contributed by atoms with van der Waals surface area (Å²) in [6.07, 6.45) is 1.35. The lowest BCUT2D eigenvalue weighted by Gasteiger charge is -2.40. The number of carbonyl (C=O) groups is 2. The van der Waals surface area contributed by atoms with E-state index in [1.807, 2.05) is 65.2 Å². The van der Waals surface area contributed by atoms with Crippen molar-refractivity contribution in [2.24, 2.45) is 0 Å². The Kier molecular flexibility index (Phi) is 8.01. The largest absolute Gasteiger partial charge is 0.392 e. The smallest absolute Gasteiger partial charge is 0.326 e. The highest BCUT2D eigenvalue weighted by atomic mass is 16.7. The van der Waals surface area contributed by atoms with Crippen LogP contribution in [0.2, 0.25) is 0 Å². The van der Waals surface area contributed by atoms with Crippen molar-refractivity contribution in [1.82, 2.24) is 14.5 Å². The topological polar surface area (TPSA) is 117 Å². The van der Waals surface area contributed by atoms with E-state index in [0.29, 0.717) is 29.8 Å². The third kappa shape index (κ3) is 5.56. The Labute approximate surface area is 277 Å². The molecular weight excluding hydrogens is 608 g/mol. The van der Waals surface area contributed by atoms with Crippen LogP contribution in [0.1, 0.15) is 75.1 Å². The molecule has 10 nitrogen and oxygen atoms in total. The number of amides is 2. The van der Waals surface area contributed by atoms with Crippen molar-refractivity contribution in [2.45, 2.75) is 50.4 Å². The van der Waals surface area contributed by atoms with E-state index in [0.717, 1.165) is 53.7 Å². The second-order valence-electron chi connectivity index (χ2n) is 12.8. The number of piperidine rings is 1. The summed E-state index contributed by atoms with van der Waals surface area (Å²) >= 11 is 0. The Morgan fingerprint density at radius 2 is 1.40 bits per heavy atom. The summed E-state index contributed by atoms with van der Waals surface area (Å²) in [4.78, 5) is 45.5. The third-order valence-corrected chi connectivity index (χ3v) is 9.84. The molecule has 0 aliphatic carbocycles. The number of anilines is 1. The van der Waals surface area contributed by atoms with Crippen molar-refractivity contribution in [3.05, 3.63) is 135 Å². The molecule has 3 unspecified atom stereocenters. The van der Waals surface area contributed by atoms with Crippen molar-refractivity contribution < 1.29 is 24.2 Å². The van der Waals surface area contributed by atoms with Crippen LogP contribution in [0.25, 0.3) is 11.0 Å². The molecule has 3 aliphatic rings. The molecule has 4 aromatic carbocycles. The van der Waals surface area contributed by atoms with Crippen LogP contribution in [0.5, 0.6) is 0 Å². The van der Waals surface area contributed by atoms with E-state index in [1.165, 1.54) is 4.90 Å². The van der Waals surface area contributed by atoms with E-state index in [9.17, 15) is 19.5 Å². The third-order valence-electron chi connectivity index (χ3n) is 9.84. The lowest BCUT2D eigenvalue weighted by Crippen LogP contribution is -2.43. The number of ether oxygens (including phenoxy) is 2. The van der Waals surface area contributed by atoms with Crippen LogP contribution in [0.4, 0.5) is 5.69 Å². The minimum atomic E-state index is -0.662. The fraction of sp³-hybridized carbons (Fsp3) is 0.289. The molecular formula is C38H36N4O6. The van der Waals surface area contributed by atoms with Gasteiger partial charge in [0.05, 0.1) is 46.7 Å². The summed E-state index contributed by atoms with van der Waals surface area (Å²) in [6.45, 7) is 2.37. The number of aliphatic hydroxyl groups excluding tert-OH is 1. The van der Waals surface area contributed by atoms with Crippen LogP contribution >= 0.6 is 0 Å². The van der Waals surface area contributed by atoms with Gasteiger partial charge in [-0.25, -0.2) is 9.69 Å². The Morgan fingerprint density at radius 3 is 2.08 bits per heavy atom. The van der Waals surface area contributed by atoms with Gasteiger partial charge >= 0.3 is 5.69 Å². The van der Waals surface area contributed by atoms with Gasteiger partial charge in [0.15, 0.2) is 6.29 Å². The molecule has 1 aromatic heterocycles. The number of imidazole rings is 1. The number of H-pyrrole nitrogens is 1. The fourth-order valence-electron chi connectivity index (χ4n) is 7.32. The monoisotopic (exact) mass is 644 g/mol. The number of likely N-dealkylation sites (tertiary alicyclic amines) is 1. The molecule has 8 rings (SSSR count). The van der Waals surface area contributed by atoms with Crippen LogP contribution < -0.4 is 10.6 Å². The molecule has 5 aromatic rings. The van der Waals surface area contributed by atoms with Gasteiger partial charge in [-0.2, -0.15) is 0 Å². The molecule has 0 radical (unpaired) electrons. The quantitative estimate of drug-likeness (QED) is 0.225. The van der Waals surface area contributed by atoms with Gasteiger partial charge in [-0.15, -0.1) is 0 Å². The number of para-hydroxylation sites is 2. The molecule has 0 bridgehead atoms. The van der Waals surface area contributed by atoms with Crippen LogP contribution in [0.3, 0.4) is 0 Å². The van der Waals surface area contributed by atoms with Crippen molar-refractivity contribution in [3.8, 4) is 0 Å². The highest BCUT2D eigenvalue weighted by molar-refractivity contribution is 6.34. The minimum absolute atomic E-state index is 0.0275. The van der Waals surface area contributed by atoms with Crippen molar-refractivity contribution in [3.63, 3.8) is 0 Å². The number of imide groups is 1. The average molecular weight is 645 g/mol. The van der Waals surface area contributed by atoms with Gasteiger partial charge in [0, 0.05) is 37.7 Å². The second kappa shape index (κ2) is 12.6. The van der Waals surface area contributed by atoms with E-state index >= 15 is 0 Å². The van der Waals surface area contributed by atoms with Crippen LogP contribution in [-0.4, -0.2) is 57.1 Å². The highest BCUT2D eigenvalue weighted by Crippen LogP contribution is 2.39. The number of carbonyl (C=O) groups excluding carboxylic acids is 2. The summed E-state index contributed by atoms with van der Waals surface area (Å²) in [7, 11) is 0. The Morgan fingerprint density at radius 1 is 0.750 bits per heavy atom. The van der Waals surface area contributed by atoms with Crippen LogP contribution in [-0.2, 0) is 16.1 Å². The zero-order valence-electron chi connectivity index (χ0n) is 26.3. The second-order valence-corrected chi connectivity index (χ2v) is 12.8. The standard InChI is InChI=1S/C38H36N4O6/c43-23-24-9-11-25(12-10-24)34-21-29(22-40-19-17-28(18-20-40)41-33-8-4-3-7-32(33)39-38(41)46)47-37(48-34)26-13-15-27(16-14-26)42-35(44)30-5-1-2-6-31(30)36(42)45/h1-16,28-29,34,37,43H,17-23H2,(H,39,46). The van der Waals surface area contributed by atoms with Crippen molar-refractivity contribution >= 4 is 28.5 Å². The summed E-state index contributed by atoms with van der Waals surface area (Å²) < 4.78 is 15.0. The normalized spacial score (nSPS) is 22.0. The summed E-state index contributed by atoms with van der Waals surface area (Å²) in [5.41, 5.74) is 5.67. The number of nitrogens with zero attached hydrogens (tertiary/aromatic N) is 3. The highest BCUT2D eigenvalue weighted by Gasteiger charge is 2.37. The number of benzene rings is 4. The van der Waals surface area contributed by atoms with Crippen molar-refractivity contribution in [2.75, 3.05) is 24.5 Å². The number of hydrogen-bond acceptors (Lipinski definition) is 7. The van der Waals surface area contributed by atoms with Gasteiger partial charge in [0.1, 0.15) is 0 Å². The van der Waals surface area contributed by atoms with Gasteiger partial charge in [-0.05, 0) is 60.4 Å². The molecule has 2 amide bonds. The molecule has 48 heavy (non-hydrogen) atoms. The molecule has 4 heterocycles. The lowest BCUT2D eigenvalue weighted by molar-refractivity contribution is -0.253. The maximum atomic E-state index is 13.1. The van der Waals surface area contributed by atoms with E-state index in [4.69, 9.17) is 9.47 Å². The number of nitrogens with one attached hydrogen (secondary N) is 1. The minimum Gasteiger partial charge on any atom is -0.392 e. The molecule has 244 valence electrons. The van der Waals surface area contributed by atoms with E-state index in [1.54, 1.807) is 36.4 Å². The maximum absolute atomic E-state index is 13.1. The summed E-state index contributed by atoms with van der Waals surface area (Å²) in [5.74, 6) is -0.670. The zero-order valence-corrected chi connectivity index (χ0v) is 26.3. The molecule has 2 fully saturated rings. The van der Waals surface area contributed by atoms with Gasteiger partial charge in [0.25, 0.3) is 11.8 Å². The molecule has 10 heteroatoms. The fourth-order valence-corrected chi connectivity index (χ4v) is 7.32. The molecule has 0 spiro atoms. The van der Waals surface area contributed by atoms with Gasteiger partial charge in [0.2, 0.25) is 0 Å². The van der Waals surface area contributed by atoms with Gasteiger partial charge in [-0.3, -0.25) is 14.2 Å². The number of aliphatic hydroxyl groups is 1. The van der Waals surface area contributed by atoms with E-state index in [-0.39, 0.29) is 42.4 Å². The Bertz CT molecular complexity index is 1990. The van der Waals surface area contributed by atoms with E-state index < -0.39 is 6.29 Å². The summed E-state index contributed by atoms with van der Waals surface area (Å²) in [6, 6.07) is 29.8. The number of aromatic nitrogens is 2. The Hall–Kier alpha value is -4.87. The first-order valence-corrected chi connectivity index (χ1v) is 16.5. The first kappa shape index (κ1) is 30.5. The SMILES string of the molecule is O=C1c2ccccc2C(=O)N1c1ccc(C2OC(CN3CCC(n4c(=O)[nH]c5ccccc54)CC3)CC(c3ccc(CO)cc3)O2)cc1. The van der Waals surface area contributed by atoms with Crippen LogP contribution in [0, 0.1) is 0 Å². The lowest BCUT2D eigenvalue weighted by atomic mass is 9.98. The Balaban J connectivity index is 0.992.